The van der Waals surface area contributed by atoms with Gasteiger partial charge in [-0.2, -0.15) is 0 Å². The summed E-state index contributed by atoms with van der Waals surface area (Å²) in [6.07, 6.45) is 1.73. The third-order valence-corrected chi connectivity index (χ3v) is 8.05. The largest absolute Gasteiger partial charge is 0.508 e. The molecule has 7 rings (SSSR count). The Balaban J connectivity index is 1.33. The highest BCUT2D eigenvalue weighted by molar-refractivity contribution is 9.10. The molecule has 0 atom stereocenters. The van der Waals surface area contributed by atoms with Gasteiger partial charge in [0.15, 0.2) is 23.3 Å². The lowest BCUT2D eigenvalue weighted by atomic mass is 10.1. The number of halogens is 2. The number of pyridine rings is 1. The van der Waals surface area contributed by atoms with Gasteiger partial charge in [0.25, 0.3) is 0 Å². The molecule has 4 aromatic carbocycles. The summed E-state index contributed by atoms with van der Waals surface area (Å²) in [5, 5.41) is 38.0. The van der Waals surface area contributed by atoms with Crippen molar-refractivity contribution in [1.29, 1.82) is 0 Å². The van der Waals surface area contributed by atoms with E-state index in [9.17, 15) is 10.2 Å². The molecule has 7 aromatic rings. The molecular weight excluding hydrogens is 686 g/mol. The Kier molecular flexibility index (Phi) is 7.24. The number of hydrogen-bond acceptors (Lipinski definition) is 7. The van der Waals surface area contributed by atoms with Crippen LogP contribution in [0.1, 0.15) is 0 Å². The van der Waals surface area contributed by atoms with Gasteiger partial charge in [0.1, 0.15) is 17.2 Å². The quantitative estimate of drug-likeness (QED) is 0.181. The Bertz CT molecular complexity index is 1920. The van der Waals surface area contributed by atoms with E-state index in [1.54, 1.807) is 30.5 Å². The second-order valence-corrected chi connectivity index (χ2v) is 11.7. The standard InChI is InChI=1S/C33H21Br2N7O2/c34-23-6-1-20(2-7-23)30-37-39-32(41(30)25-10-14-27(43)15-11-25)22-5-18-29(36-19-22)33-40-38-31(21-3-8-24(35)9-4-21)42(33)26-12-16-28(44)17-13-26/h1-19,43-44H. The van der Waals surface area contributed by atoms with E-state index in [-0.39, 0.29) is 11.5 Å². The second kappa shape index (κ2) is 11.5. The molecule has 0 spiro atoms. The topological polar surface area (TPSA) is 115 Å². The summed E-state index contributed by atoms with van der Waals surface area (Å²) < 4.78 is 5.76. The van der Waals surface area contributed by atoms with Crippen molar-refractivity contribution in [2.45, 2.75) is 0 Å². The lowest BCUT2D eigenvalue weighted by Crippen LogP contribution is -2.02. The summed E-state index contributed by atoms with van der Waals surface area (Å²) in [5.41, 5.74) is 4.66. The smallest absolute Gasteiger partial charge is 0.187 e. The molecule has 0 aliphatic rings. The Morgan fingerprint density at radius 3 is 1.25 bits per heavy atom. The molecule has 0 radical (unpaired) electrons. The molecule has 0 saturated carbocycles. The summed E-state index contributed by atoms with van der Waals surface area (Å²) in [6.45, 7) is 0. The van der Waals surface area contributed by atoms with Gasteiger partial charge >= 0.3 is 0 Å². The van der Waals surface area contributed by atoms with Gasteiger partial charge in [-0.25, -0.2) is 0 Å². The normalized spacial score (nSPS) is 11.1. The zero-order valence-electron chi connectivity index (χ0n) is 22.8. The van der Waals surface area contributed by atoms with E-state index in [1.165, 1.54) is 0 Å². The number of benzene rings is 4. The third kappa shape index (κ3) is 5.27. The summed E-state index contributed by atoms with van der Waals surface area (Å²) in [6, 6.07) is 33.2. The lowest BCUT2D eigenvalue weighted by molar-refractivity contribution is 0.474. The highest BCUT2D eigenvalue weighted by atomic mass is 79.9. The Morgan fingerprint density at radius 2 is 0.818 bits per heavy atom. The zero-order valence-corrected chi connectivity index (χ0v) is 25.9. The van der Waals surface area contributed by atoms with Gasteiger partial charge in [0.05, 0.1) is 0 Å². The average Bonchev–Trinajstić information content (AvgIpc) is 3.69. The van der Waals surface area contributed by atoms with Crippen LogP contribution in [0.4, 0.5) is 0 Å². The fourth-order valence-electron chi connectivity index (χ4n) is 4.84. The lowest BCUT2D eigenvalue weighted by Gasteiger charge is -2.12. The van der Waals surface area contributed by atoms with Gasteiger partial charge < -0.3 is 10.2 Å². The number of aromatic hydroxyl groups is 2. The molecule has 44 heavy (non-hydrogen) atoms. The van der Waals surface area contributed by atoms with Crippen LogP contribution in [-0.4, -0.2) is 44.7 Å². The molecule has 2 N–H and O–H groups in total. The molecule has 0 aliphatic heterocycles. The SMILES string of the molecule is Oc1ccc(-n2c(-c3ccc(Br)cc3)nnc2-c2ccc(-c3nnc(-c4ccc(Br)cc4)n3-c3ccc(O)cc3)nc2)cc1. The van der Waals surface area contributed by atoms with Crippen LogP contribution in [0.2, 0.25) is 0 Å². The zero-order chi connectivity index (χ0) is 30.2. The molecule has 3 aromatic heterocycles. The number of phenols is 2. The second-order valence-electron chi connectivity index (χ2n) is 9.84. The molecule has 0 unspecified atom stereocenters. The van der Waals surface area contributed by atoms with Gasteiger partial charge in [-0.3, -0.25) is 14.1 Å². The van der Waals surface area contributed by atoms with E-state index in [1.807, 2.05) is 94.1 Å². The summed E-state index contributed by atoms with van der Waals surface area (Å²) in [4.78, 5) is 4.79. The van der Waals surface area contributed by atoms with Gasteiger partial charge in [-0.15, -0.1) is 20.4 Å². The third-order valence-electron chi connectivity index (χ3n) is 7.00. The minimum atomic E-state index is 0.163. The van der Waals surface area contributed by atoms with Crippen molar-refractivity contribution in [2.24, 2.45) is 0 Å². The maximum atomic E-state index is 9.92. The van der Waals surface area contributed by atoms with Crippen LogP contribution in [0.5, 0.6) is 11.5 Å². The van der Waals surface area contributed by atoms with Crippen LogP contribution in [0.3, 0.4) is 0 Å². The number of rotatable bonds is 6. The molecule has 0 aliphatic carbocycles. The van der Waals surface area contributed by atoms with Crippen LogP contribution in [0, 0.1) is 0 Å². The number of nitrogens with zero attached hydrogens (tertiary/aromatic N) is 7. The van der Waals surface area contributed by atoms with Crippen molar-refractivity contribution < 1.29 is 10.2 Å². The maximum Gasteiger partial charge on any atom is 0.187 e. The van der Waals surface area contributed by atoms with Crippen molar-refractivity contribution in [3.05, 3.63) is 124 Å². The van der Waals surface area contributed by atoms with Crippen molar-refractivity contribution >= 4 is 31.9 Å². The van der Waals surface area contributed by atoms with E-state index in [0.717, 1.165) is 37.0 Å². The first-order valence-corrected chi connectivity index (χ1v) is 15.0. The highest BCUT2D eigenvalue weighted by Crippen LogP contribution is 2.32. The van der Waals surface area contributed by atoms with Gasteiger partial charge in [-0.05, 0) is 84.9 Å². The molecule has 11 heteroatoms. The van der Waals surface area contributed by atoms with Gasteiger partial charge in [0, 0.05) is 43.2 Å². The molecule has 0 bridgehead atoms. The van der Waals surface area contributed by atoms with Crippen molar-refractivity contribution in [3.8, 4) is 68.6 Å². The van der Waals surface area contributed by atoms with Crippen LogP contribution in [-0.2, 0) is 0 Å². The van der Waals surface area contributed by atoms with Crippen molar-refractivity contribution in [1.82, 2.24) is 34.5 Å². The number of hydrogen-bond donors (Lipinski definition) is 2. The van der Waals surface area contributed by atoms with Crippen LogP contribution < -0.4 is 0 Å². The average molecular weight is 707 g/mol. The van der Waals surface area contributed by atoms with Gasteiger partial charge in [-0.1, -0.05) is 56.1 Å². The van der Waals surface area contributed by atoms with Crippen molar-refractivity contribution in [2.75, 3.05) is 0 Å². The first-order valence-electron chi connectivity index (χ1n) is 13.4. The van der Waals surface area contributed by atoms with Crippen LogP contribution >= 0.6 is 31.9 Å². The molecule has 0 amide bonds. The number of aromatic nitrogens is 7. The predicted octanol–water partition coefficient (Wildman–Crippen LogP) is 7.85. The fourth-order valence-corrected chi connectivity index (χ4v) is 5.37. The van der Waals surface area contributed by atoms with E-state index >= 15 is 0 Å². The predicted molar refractivity (Wildman–Crippen MR) is 175 cm³/mol. The van der Waals surface area contributed by atoms with Crippen molar-refractivity contribution in [3.63, 3.8) is 0 Å². The Labute approximate surface area is 268 Å². The van der Waals surface area contributed by atoms with E-state index in [0.29, 0.717) is 29.0 Å². The summed E-state index contributed by atoms with van der Waals surface area (Å²) in [7, 11) is 0. The maximum absolute atomic E-state index is 9.92. The molecule has 0 saturated heterocycles. The molecule has 9 nitrogen and oxygen atoms in total. The number of phenolic OH excluding ortho intramolecular Hbond substituents is 2. The molecule has 214 valence electrons. The monoisotopic (exact) mass is 705 g/mol. The van der Waals surface area contributed by atoms with Crippen LogP contribution in [0.15, 0.2) is 124 Å². The minimum Gasteiger partial charge on any atom is -0.508 e. The van der Waals surface area contributed by atoms with E-state index < -0.39 is 0 Å². The fraction of sp³-hybridized carbons (Fsp3) is 0. The molecule has 0 fully saturated rings. The van der Waals surface area contributed by atoms with E-state index in [2.05, 4.69) is 52.3 Å². The first kappa shape index (κ1) is 27.7. The van der Waals surface area contributed by atoms with Crippen LogP contribution in [0.25, 0.3) is 57.1 Å². The first-order chi connectivity index (χ1) is 21.4. The van der Waals surface area contributed by atoms with Gasteiger partial charge in [0.2, 0.25) is 0 Å². The molecule has 3 heterocycles. The highest BCUT2D eigenvalue weighted by Gasteiger charge is 2.21. The summed E-state index contributed by atoms with van der Waals surface area (Å²) >= 11 is 6.99. The Hall–Kier alpha value is -5.13. The molecular formula is C33H21Br2N7O2. The Morgan fingerprint density at radius 1 is 0.432 bits per heavy atom. The summed E-state index contributed by atoms with van der Waals surface area (Å²) in [5.74, 6) is 2.74. The van der Waals surface area contributed by atoms with E-state index in [4.69, 9.17) is 4.98 Å². The minimum absolute atomic E-state index is 0.163.